The van der Waals surface area contributed by atoms with Gasteiger partial charge in [-0.15, -0.1) is 0 Å². The minimum Gasteiger partial charge on any atom is -0.550 e. The van der Waals surface area contributed by atoms with E-state index in [-0.39, 0.29) is 31.7 Å². The van der Waals surface area contributed by atoms with Crippen LogP contribution in [0.4, 0.5) is 0 Å². The summed E-state index contributed by atoms with van der Waals surface area (Å²) in [6, 6.07) is 6.68. The molecule has 0 atom stereocenters. The van der Waals surface area contributed by atoms with Crippen LogP contribution in [0.3, 0.4) is 0 Å². The quantitative estimate of drug-likeness (QED) is 0.785. The molecule has 7 heteroatoms. The fraction of sp³-hybridized carbons (Fsp3) is 0.462. The molecule has 0 aromatic heterocycles. The van der Waals surface area contributed by atoms with E-state index in [1.165, 1.54) is 0 Å². The number of aliphatic carboxylic acids is 1. The Morgan fingerprint density at radius 2 is 1.80 bits per heavy atom. The van der Waals surface area contributed by atoms with Crippen molar-refractivity contribution in [1.29, 1.82) is 0 Å². The number of rotatable bonds is 4. The number of carbonyl (C=O) groups excluding carboxylic acids is 1. The molecule has 1 fully saturated rings. The molecule has 2 rings (SSSR count). The molecule has 0 saturated carbocycles. The van der Waals surface area contributed by atoms with Gasteiger partial charge in [-0.2, -0.15) is 12.7 Å². The third kappa shape index (κ3) is 3.49. The molecule has 6 nitrogen and oxygen atoms in total. The molecule has 1 heterocycles. The molecule has 1 saturated heterocycles. The van der Waals surface area contributed by atoms with E-state index in [1.807, 2.05) is 6.92 Å². The Bertz CT molecular complexity index is 573. The lowest BCUT2D eigenvalue weighted by Crippen LogP contribution is -2.44. The first-order chi connectivity index (χ1) is 9.38. The predicted octanol–water partition coefficient (Wildman–Crippen LogP) is 0.0805. The SMILES string of the molecule is Cc1ccc(OS(=O)(=O)N2CCC(C(=O)[O-])CC2)cc1. The van der Waals surface area contributed by atoms with E-state index >= 15 is 0 Å². The Morgan fingerprint density at radius 1 is 1.25 bits per heavy atom. The molecule has 1 aliphatic rings. The topological polar surface area (TPSA) is 86.7 Å². The van der Waals surface area contributed by atoms with Crippen LogP contribution in [0.25, 0.3) is 0 Å². The van der Waals surface area contributed by atoms with Crippen LogP contribution in [0, 0.1) is 12.8 Å². The van der Waals surface area contributed by atoms with E-state index in [0.717, 1.165) is 9.87 Å². The smallest absolute Gasteiger partial charge is 0.385 e. The summed E-state index contributed by atoms with van der Waals surface area (Å²) in [5, 5.41) is 10.7. The van der Waals surface area contributed by atoms with Crippen molar-refractivity contribution in [3.05, 3.63) is 29.8 Å². The molecule has 0 spiro atoms. The number of nitrogens with zero attached hydrogens (tertiary/aromatic N) is 1. The minimum absolute atomic E-state index is 0.132. The zero-order chi connectivity index (χ0) is 14.8. The van der Waals surface area contributed by atoms with Crippen molar-refractivity contribution >= 4 is 16.3 Å². The summed E-state index contributed by atoms with van der Waals surface area (Å²) in [5.41, 5.74) is 1.00. The van der Waals surface area contributed by atoms with E-state index in [2.05, 4.69) is 0 Å². The monoisotopic (exact) mass is 298 g/mol. The van der Waals surface area contributed by atoms with Crippen LogP contribution in [0.2, 0.25) is 0 Å². The van der Waals surface area contributed by atoms with Gasteiger partial charge in [0.15, 0.2) is 0 Å². The summed E-state index contributed by atoms with van der Waals surface area (Å²) < 4.78 is 30.3. The van der Waals surface area contributed by atoms with Crippen LogP contribution in [-0.2, 0) is 15.1 Å². The normalized spacial score (nSPS) is 17.9. The van der Waals surface area contributed by atoms with E-state index in [4.69, 9.17) is 4.18 Å². The average molecular weight is 298 g/mol. The molecule has 20 heavy (non-hydrogen) atoms. The fourth-order valence-electron chi connectivity index (χ4n) is 2.08. The molecule has 0 N–H and O–H groups in total. The van der Waals surface area contributed by atoms with Gasteiger partial charge >= 0.3 is 10.3 Å². The largest absolute Gasteiger partial charge is 0.550 e. The maximum Gasteiger partial charge on any atom is 0.385 e. The number of hydrogen-bond donors (Lipinski definition) is 0. The Morgan fingerprint density at radius 3 is 2.30 bits per heavy atom. The summed E-state index contributed by atoms with van der Waals surface area (Å²) in [6.45, 7) is 2.16. The zero-order valence-corrected chi connectivity index (χ0v) is 11.9. The number of hydrogen-bond acceptors (Lipinski definition) is 5. The van der Waals surface area contributed by atoms with Crippen LogP contribution < -0.4 is 9.29 Å². The van der Waals surface area contributed by atoms with Gasteiger partial charge in [0.25, 0.3) is 0 Å². The first kappa shape index (κ1) is 14.8. The number of benzene rings is 1. The summed E-state index contributed by atoms with van der Waals surface area (Å²) in [6.07, 6.45) is 0.498. The van der Waals surface area contributed by atoms with E-state index < -0.39 is 22.2 Å². The van der Waals surface area contributed by atoms with Gasteiger partial charge in [0.05, 0.1) is 0 Å². The lowest BCUT2D eigenvalue weighted by atomic mass is 9.99. The van der Waals surface area contributed by atoms with E-state index in [9.17, 15) is 18.3 Å². The third-order valence-electron chi connectivity index (χ3n) is 3.33. The maximum atomic E-state index is 12.1. The molecule has 0 radical (unpaired) electrons. The standard InChI is InChI=1S/C13H17NO5S/c1-10-2-4-12(5-3-10)19-20(17,18)14-8-6-11(7-9-14)13(15)16/h2-5,11H,6-9H2,1H3,(H,15,16)/p-1. The molecule has 1 aromatic rings. The number of piperidine rings is 1. The van der Waals surface area contributed by atoms with Crippen LogP contribution in [0.15, 0.2) is 24.3 Å². The van der Waals surface area contributed by atoms with Gasteiger partial charge < -0.3 is 14.1 Å². The first-order valence-corrected chi connectivity index (χ1v) is 7.72. The Labute approximate surface area is 118 Å². The highest BCUT2D eigenvalue weighted by molar-refractivity contribution is 7.84. The molecular weight excluding hydrogens is 282 g/mol. The highest BCUT2D eigenvalue weighted by Gasteiger charge is 2.29. The molecule has 1 aliphatic heterocycles. The second-order valence-electron chi connectivity index (χ2n) is 4.85. The Kier molecular flexibility index (Phi) is 4.29. The van der Waals surface area contributed by atoms with Gasteiger partial charge in [0.2, 0.25) is 0 Å². The molecule has 0 aliphatic carbocycles. The van der Waals surface area contributed by atoms with Gasteiger partial charge in [-0.1, -0.05) is 17.7 Å². The predicted molar refractivity (Wildman–Crippen MR) is 70.0 cm³/mol. The van der Waals surface area contributed by atoms with Gasteiger partial charge in [0.1, 0.15) is 5.75 Å². The van der Waals surface area contributed by atoms with Crippen LogP contribution in [0.5, 0.6) is 5.75 Å². The zero-order valence-electron chi connectivity index (χ0n) is 11.1. The summed E-state index contributed by atoms with van der Waals surface area (Å²) in [4.78, 5) is 10.7. The first-order valence-electron chi connectivity index (χ1n) is 6.35. The molecule has 0 unspecified atom stereocenters. The van der Waals surface area contributed by atoms with Crippen molar-refractivity contribution in [2.24, 2.45) is 5.92 Å². The lowest BCUT2D eigenvalue weighted by molar-refractivity contribution is -0.312. The van der Waals surface area contributed by atoms with Crippen molar-refractivity contribution in [2.75, 3.05) is 13.1 Å². The molecule has 0 bridgehead atoms. The second-order valence-corrected chi connectivity index (χ2v) is 6.38. The van der Waals surface area contributed by atoms with E-state index in [1.54, 1.807) is 24.3 Å². The van der Waals surface area contributed by atoms with Crippen molar-refractivity contribution in [3.63, 3.8) is 0 Å². The van der Waals surface area contributed by atoms with Gasteiger partial charge in [-0.3, -0.25) is 0 Å². The van der Waals surface area contributed by atoms with Gasteiger partial charge in [-0.05, 0) is 31.9 Å². The summed E-state index contributed by atoms with van der Waals surface area (Å²) in [7, 11) is -3.88. The minimum atomic E-state index is -3.88. The summed E-state index contributed by atoms with van der Waals surface area (Å²) in [5.74, 6) is -1.46. The van der Waals surface area contributed by atoms with Gasteiger partial charge in [0, 0.05) is 25.0 Å². The number of aryl methyl sites for hydroxylation is 1. The molecule has 0 amide bonds. The highest BCUT2D eigenvalue weighted by Crippen LogP contribution is 2.22. The highest BCUT2D eigenvalue weighted by atomic mass is 32.2. The molecular formula is C13H16NO5S-. The van der Waals surface area contributed by atoms with Crippen molar-refractivity contribution in [2.45, 2.75) is 19.8 Å². The average Bonchev–Trinajstić information content (AvgIpc) is 2.41. The number of carboxylic acids is 1. The fourth-order valence-corrected chi connectivity index (χ4v) is 3.20. The van der Waals surface area contributed by atoms with Crippen molar-refractivity contribution < 1.29 is 22.5 Å². The molecule has 1 aromatic carbocycles. The van der Waals surface area contributed by atoms with Crippen molar-refractivity contribution in [1.82, 2.24) is 4.31 Å². The maximum absolute atomic E-state index is 12.1. The van der Waals surface area contributed by atoms with Crippen LogP contribution in [0.1, 0.15) is 18.4 Å². The van der Waals surface area contributed by atoms with Crippen LogP contribution >= 0.6 is 0 Å². The third-order valence-corrected chi connectivity index (χ3v) is 4.73. The second kappa shape index (κ2) is 5.80. The Hall–Kier alpha value is -1.60. The van der Waals surface area contributed by atoms with Crippen LogP contribution in [-0.4, -0.2) is 31.8 Å². The number of carbonyl (C=O) groups is 1. The van der Waals surface area contributed by atoms with Crippen molar-refractivity contribution in [3.8, 4) is 5.75 Å². The molecule has 110 valence electrons. The number of carboxylic acid groups (broad SMARTS) is 1. The Balaban J connectivity index is 2.01. The van der Waals surface area contributed by atoms with E-state index in [0.29, 0.717) is 0 Å². The summed E-state index contributed by atoms with van der Waals surface area (Å²) >= 11 is 0. The lowest BCUT2D eigenvalue weighted by Gasteiger charge is -2.30. The van der Waals surface area contributed by atoms with Gasteiger partial charge in [-0.25, -0.2) is 0 Å².